The van der Waals surface area contributed by atoms with E-state index in [4.69, 9.17) is 4.74 Å². The highest BCUT2D eigenvalue weighted by Gasteiger charge is 2.08. The molecule has 2 rings (SSSR count). The monoisotopic (exact) mass is 376 g/mol. The Bertz CT molecular complexity index is 689. The maximum Gasteiger partial charge on any atom is 0.407 e. The average molecular weight is 377 g/mol. The van der Waals surface area contributed by atoms with Gasteiger partial charge in [0.1, 0.15) is 13.2 Å². The number of carbonyl (C=O) groups excluding carboxylic acids is 2. The molecule has 0 bridgehead atoms. The first-order valence-corrected chi connectivity index (χ1v) is 7.84. The molecule has 0 unspecified atom stereocenters. The van der Waals surface area contributed by atoms with Gasteiger partial charge < -0.3 is 15.4 Å². The van der Waals surface area contributed by atoms with Gasteiger partial charge in [-0.05, 0) is 36.2 Å². The van der Waals surface area contributed by atoms with Gasteiger partial charge in [-0.25, -0.2) is 4.79 Å². The second-order valence-corrected chi connectivity index (χ2v) is 5.84. The van der Waals surface area contributed by atoms with Gasteiger partial charge in [0.05, 0.1) is 0 Å². The van der Waals surface area contributed by atoms with Crippen LogP contribution in [-0.2, 0) is 16.1 Å². The van der Waals surface area contributed by atoms with Gasteiger partial charge >= 0.3 is 6.09 Å². The molecule has 2 aromatic carbocycles. The summed E-state index contributed by atoms with van der Waals surface area (Å²) in [6, 6.07) is 14.9. The molecule has 0 atom stereocenters. The normalized spacial score (nSPS) is 10.0. The molecular formula is C17H17BrN2O3. The third-order valence-electron chi connectivity index (χ3n) is 3.07. The van der Waals surface area contributed by atoms with E-state index in [2.05, 4.69) is 26.6 Å². The quantitative estimate of drug-likeness (QED) is 0.837. The number of hydrogen-bond donors (Lipinski definition) is 2. The van der Waals surface area contributed by atoms with E-state index in [9.17, 15) is 9.59 Å². The Labute approximate surface area is 143 Å². The maximum atomic E-state index is 11.8. The fourth-order valence-corrected chi connectivity index (χ4v) is 2.36. The minimum Gasteiger partial charge on any atom is -0.445 e. The molecule has 0 saturated heterocycles. The SMILES string of the molecule is Cc1cc(Br)ccc1NC(=O)CNC(=O)OCc1ccccc1. The van der Waals surface area contributed by atoms with Gasteiger partial charge in [-0.2, -0.15) is 0 Å². The van der Waals surface area contributed by atoms with Crippen LogP contribution in [0, 0.1) is 6.92 Å². The molecule has 23 heavy (non-hydrogen) atoms. The van der Waals surface area contributed by atoms with Crippen LogP contribution in [0.15, 0.2) is 53.0 Å². The van der Waals surface area contributed by atoms with Gasteiger partial charge in [0.15, 0.2) is 0 Å². The summed E-state index contributed by atoms with van der Waals surface area (Å²) < 4.78 is 5.97. The highest BCUT2D eigenvalue weighted by atomic mass is 79.9. The van der Waals surface area contributed by atoms with Crippen molar-refractivity contribution < 1.29 is 14.3 Å². The zero-order chi connectivity index (χ0) is 16.7. The minimum atomic E-state index is -0.628. The molecule has 2 aromatic rings. The zero-order valence-corrected chi connectivity index (χ0v) is 14.2. The number of carbonyl (C=O) groups is 2. The Hall–Kier alpha value is -2.34. The van der Waals surface area contributed by atoms with Gasteiger partial charge in [0.25, 0.3) is 0 Å². The molecule has 5 nitrogen and oxygen atoms in total. The molecule has 0 heterocycles. The van der Waals surface area contributed by atoms with E-state index in [1.807, 2.05) is 49.4 Å². The molecule has 0 aliphatic heterocycles. The largest absolute Gasteiger partial charge is 0.445 e. The predicted molar refractivity (Wildman–Crippen MR) is 92.1 cm³/mol. The van der Waals surface area contributed by atoms with Crippen LogP contribution in [0.5, 0.6) is 0 Å². The van der Waals surface area contributed by atoms with Crippen LogP contribution in [0.1, 0.15) is 11.1 Å². The maximum absolute atomic E-state index is 11.8. The minimum absolute atomic E-state index is 0.150. The summed E-state index contributed by atoms with van der Waals surface area (Å²) in [5, 5.41) is 5.16. The van der Waals surface area contributed by atoms with Crippen molar-refractivity contribution in [3.8, 4) is 0 Å². The number of ether oxygens (including phenoxy) is 1. The Morgan fingerprint density at radius 3 is 2.57 bits per heavy atom. The zero-order valence-electron chi connectivity index (χ0n) is 12.6. The smallest absolute Gasteiger partial charge is 0.407 e. The highest BCUT2D eigenvalue weighted by molar-refractivity contribution is 9.10. The molecule has 0 aliphatic rings. The molecule has 0 aromatic heterocycles. The fraction of sp³-hybridized carbons (Fsp3) is 0.176. The van der Waals surface area contributed by atoms with Crippen LogP contribution >= 0.6 is 15.9 Å². The van der Waals surface area contributed by atoms with E-state index in [-0.39, 0.29) is 19.1 Å². The Balaban J connectivity index is 1.74. The summed E-state index contributed by atoms with van der Waals surface area (Å²) in [7, 11) is 0. The van der Waals surface area contributed by atoms with Crippen molar-refractivity contribution in [1.82, 2.24) is 5.32 Å². The first kappa shape index (κ1) is 17.0. The van der Waals surface area contributed by atoms with E-state index in [1.165, 1.54) is 0 Å². The summed E-state index contributed by atoms with van der Waals surface area (Å²) in [5.41, 5.74) is 2.52. The molecule has 0 saturated carbocycles. The lowest BCUT2D eigenvalue weighted by molar-refractivity contribution is -0.115. The number of nitrogens with one attached hydrogen (secondary N) is 2. The number of benzene rings is 2. The van der Waals surface area contributed by atoms with E-state index < -0.39 is 6.09 Å². The number of alkyl carbamates (subject to hydrolysis) is 1. The van der Waals surface area contributed by atoms with Gasteiger partial charge in [0, 0.05) is 10.2 Å². The van der Waals surface area contributed by atoms with Crippen LogP contribution in [0.3, 0.4) is 0 Å². The van der Waals surface area contributed by atoms with Crippen molar-refractivity contribution in [3.63, 3.8) is 0 Å². The topological polar surface area (TPSA) is 67.4 Å². The summed E-state index contributed by atoms with van der Waals surface area (Å²) in [6.07, 6.45) is -0.628. The number of rotatable bonds is 5. The Morgan fingerprint density at radius 2 is 1.87 bits per heavy atom. The van der Waals surface area contributed by atoms with Gasteiger partial charge in [0.2, 0.25) is 5.91 Å². The first-order chi connectivity index (χ1) is 11.0. The van der Waals surface area contributed by atoms with E-state index >= 15 is 0 Å². The average Bonchev–Trinajstić information content (AvgIpc) is 2.54. The molecule has 0 spiro atoms. The lowest BCUT2D eigenvalue weighted by Gasteiger charge is -2.10. The molecule has 2 amide bonds. The fourth-order valence-electron chi connectivity index (χ4n) is 1.89. The Morgan fingerprint density at radius 1 is 1.13 bits per heavy atom. The summed E-state index contributed by atoms with van der Waals surface area (Å²) in [4.78, 5) is 23.4. The predicted octanol–water partition coefficient (Wildman–Crippen LogP) is 3.62. The first-order valence-electron chi connectivity index (χ1n) is 7.05. The molecule has 0 aliphatic carbocycles. The molecule has 0 fully saturated rings. The highest BCUT2D eigenvalue weighted by Crippen LogP contribution is 2.19. The molecular weight excluding hydrogens is 360 g/mol. The number of hydrogen-bond acceptors (Lipinski definition) is 3. The van der Waals surface area contributed by atoms with Crippen molar-refractivity contribution in [2.45, 2.75) is 13.5 Å². The molecule has 0 radical (unpaired) electrons. The molecule has 2 N–H and O–H groups in total. The van der Waals surface area contributed by atoms with Crippen molar-refractivity contribution in [3.05, 3.63) is 64.1 Å². The van der Waals surface area contributed by atoms with Crippen LogP contribution < -0.4 is 10.6 Å². The Kier molecular flexibility index (Phi) is 6.17. The van der Waals surface area contributed by atoms with E-state index in [0.717, 1.165) is 15.6 Å². The third kappa shape index (κ3) is 5.75. The van der Waals surface area contributed by atoms with Crippen molar-refractivity contribution in [2.75, 3.05) is 11.9 Å². The van der Waals surface area contributed by atoms with Gasteiger partial charge in [-0.3, -0.25) is 4.79 Å². The standard InChI is InChI=1S/C17H17BrN2O3/c1-12-9-14(18)7-8-15(12)20-16(21)10-19-17(22)23-11-13-5-3-2-4-6-13/h2-9H,10-11H2,1H3,(H,19,22)(H,20,21). The van der Waals surface area contributed by atoms with Gasteiger partial charge in [-0.15, -0.1) is 0 Å². The second kappa shape index (κ2) is 8.33. The third-order valence-corrected chi connectivity index (χ3v) is 3.56. The second-order valence-electron chi connectivity index (χ2n) is 4.92. The van der Waals surface area contributed by atoms with Gasteiger partial charge in [-0.1, -0.05) is 46.3 Å². The van der Waals surface area contributed by atoms with Crippen LogP contribution in [0.2, 0.25) is 0 Å². The summed E-state index contributed by atoms with van der Waals surface area (Å²) in [5.74, 6) is -0.313. The number of amides is 2. The lowest BCUT2D eigenvalue weighted by Crippen LogP contribution is -2.33. The number of halogens is 1. The number of anilines is 1. The molecule has 120 valence electrons. The van der Waals surface area contributed by atoms with E-state index in [0.29, 0.717) is 5.69 Å². The van der Waals surface area contributed by atoms with E-state index in [1.54, 1.807) is 6.07 Å². The van der Waals surface area contributed by atoms with Crippen LogP contribution in [0.25, 0.3) is 0 Å². The summed E-state index contributed by atoms with van der Waals surface area (Å²) >= 11 is 3.36. The van der Waals surface area contributed by atoms with Crippen LogP contribution in [-0.4, -0.2) is 18.5 Å². The van der Waals surface area contributed by atoms with Crippen molar-refractivity contribution >= 4 is 33.6 Å². The lowest BCUT2D eigenvalue weighted by atomic mass is 10.2. The van der Waals surface area contributed by atoms with Crippen LogP contribution in [0.4, 0.5) is 10.5 Å². The molecule has 6 heteroatoms. The van der Waals surface area contributed by atoms with Crippen molar-refractivity contribution in [2.24, 2.45) is 0 Å². The van der Waals surface area contributed by atoms with Crippen molar-refractivity contribution in [1.29, 1.82) is 0 Å². The summed E-state index contributed by atoms with van der Waals surface area (Å²) in [6.45, 7) is 1.91. The number of aryl methyl sites for hydroxylation is 1.